The maximum Gasteiger partial charge on any atom is 0.247 e. The van der Waals surface area contributed by atoms with E-state index in [-0.39, 0.29) is 22.6 Å². The molecular formula is C27H23F2N5O. The van der Waals surface area contributed by atoms with E-state index in [1.165, 1.54) is 18.2 Å². The van der Waals surface area contributed by atoms with Crippen LogP contribution in [0.4, 0.5) is 8.78 Å². The molecule has 2 aliphatic rings. The van der Waals surface area contributed by atoms with Crippen LogP contribution in [0, 0.1) is 17.0 Å². The van der Waals surface area contributed by atoms with E-state index in [1.54, 1.807) is 24.7 Å². The van der Waals surface area contributed by atoms with Gasteiger partial charge in [-0.25, -0.2) is 18.7 Å². The van der Waals surface area contributed by atoms with Gasteiger partial charge < -0.3 is 4.42 Å². The van der Waals surface area contributed by atoms with E-state index >= 15 is 0 Å². The van der Waals surface area contributed by atoms with Gasteiger partial charge in [-0.2, -0.15) is 5.10 Å². The Morgan fingerprint density at radius 2 is 1.86 bits per heavy atom. The Morgan fingerprint density at radius 1 is 1.09 bits per heavy atom. The molecule has 0 amide bonds. The third-order valence-corrected chi connectivity index (χ3v) is 7.82. The van der Waals surface area contributed by atoms with Gasteiger partial charge in [0.25, 0.3) is 0 Å². The van der Waals surface area contributed by atoms with Gasteiger partial charge in [-0.05, 0) is 60.4 Å². The van der Waals surface area contributed by atoms with Crippen molar-refractivity contribution < 1.29 is 13.2 Å². The second kappa shape index (κ2) is 7.34. The summed E-state index contributed by atoms with van der Waals surface area (Å²) in [5.41, 5.74) is 3.05. The van der Waals surface area contributed by atoms with Crippen molar-refractivity contribution in [3.05, 3.63) is 83.8 Å². The molecule has 176 valence electrons. The summed E-state index contributed by atoms with van der Waals surface area (Å²) in [5.74, 6) is -0.207. The van der Waals surface area contributed by atoms with Gasteiger partial charge in [0, 0.05) is 6.20 Å². The summed E-state index contributed by atoms with van der Waals surface area (Å²) in [5, 5.41) is 8.85. The van der Waals surface area contributed by atoms with Gasteiger partial charge in [-0.15, -0.1) is 5.10 Å². The quantitative estimate of drug-likeness (QED) is 0.358. The molecule has 2 bridgehead atoms. The average molecular weight is 472 g/mol. The van der Waals surface area contributed by atoms with Crippen molar-refractivity contribution >= 4 is 5.57 Å². The molecule has 0 aliphatic heterocycles. The van der Waals surface area contributed by atoms with Gasteiger partial charge in [0.15, 0.2) is 0 Å². The van der Waals surface area contributed by atoms with Crippen LogP contribution in [0.25, 0.3) is 28.4 Å². The molecular weight excluding hydrogens is 448 g/mol. The lowest BCUT2D eigenvalue weighted by atomic mass is 9.66. The van der Waals surface area contributed by atoms with Gasteiger partial charge in [0.1, 0.15) is 23.1 Å². The minimum atomic E-state index is -0.657. The molecule has 8 heteroatoms. The highest BCUT2D eigenvalue weighted by molar-refractivity contribution is 5.64. The lowest BCUT2D eigenvalue weighted by molar-refractivity contribution is 0.242. The Balaban J connectivity index is 1.50. The van der Waals surface area contributed by atoms with Crippen LogP contribution in [0.3, 0.4) is 0 Å². The van der Waals surface area contributed by atoms with Crippen molar-refractivity contribution in [2.75, 3.05) is 0 Å². The fraction of sp³-hybridized carbons (Fsp3) is 0.296. The molecule has 3 aromatic heterocycles. The zero-order valence-electron chi connectivity index (χ0n) is 19.6. The van der Waals surface area contributed by atoms with Crippen LogP contribution < -0.4 is 0 Å². The third kappa shape index (κ3) is 2.89. The predicted octanol–water partition coefficient (Wildman–Crippen LogP) is 6.10. The lowest BCUT2D eigenvalue weighted by Gasteiger charge is -2.37. The number of hydrogen-bond acceptors (Lipinski definition) is 6. The zero-order chi connectivity index (χ0) is 24.5. The normalized spacial score (nSPS) is 21.8. The first-order valence-electron chi connectivity index (χ1n) is 11.5. The SMILES string of the molecule is C=C(C)c1cnc(-c2cncc([C@@]34CC[C@@H](c5cc(-c6c(F)cccc6F)nnc53)C4(C)C)n2)o1. The van der Waals surface area contributed by atoms with Crippen molar-refractivity contribution in [2.24, 2.45) is 5.41 Å². The standard InChI is InChI=1S/C27H23F2N5O/c1-14(2)21-12-31-25(35-21)20-11-30-13-22(32-20)27-9-8-16(26(27,3)4)15-10-19(33-34-24(15)27)23-17(28)6-5-7-18(23)29/h5-7,10-13,16H,1,8-9H2,2-4H3/t16-,27-/m0/s1. The number of allylic oxidation sites excluding steroid dienone is 1. The van der Waals surface area contributed by atoms with Crippen molar-refractivity contribution in [1.82, 2.24) is 25.1 Å². The Bertz CT molecular complexity index is 1490. The summed E-state index contributed by atoms with van der Waals surface area (Å²) in [6.45, 7) is 10.1. The van der Waals surface area contributed by atoms with Gasteiger partial charge in [-0.1, -0.05) is 26.5 Å². The molecule has 6 rings (SSSR count). The van der Waals surface area contributed by atoms with Gasteiger partial charge in [0.2, 0.25) is 5.89 Å². The Labute approximate surface area is 201 Å². The molecule has 2 aliphatic carbocycles. The molecule has 0 spiro atoms. The molecule has 0 saturated heterocycles. The second-order valence-electron chi connectivity index (χ2n) is 9.95. The first kappa shape index (κ1) is 21.7. The number of nitrogens with zero attached hydrogens (tertiary/aromatic N) is 5. The van der Waals surface area contributed by atoms with E-state index in [9.17, 15) is 8.78 Å². The fourth-order valence-electron chi connectivity index (χ4n) is 6.02. The summed E-state index contributed by atoms with van der Waals surface area (Å²) in [4.78, 5) is 13.7. The topological polar surface area (TPSA) is 77.6 Å². The highest BCUT2D eigenvalue weighted by Crippen LogP contribution is 2.69. The maximum absolute atomic E-state index is 14.5. The monoisotopic (exact) mass is 471 g/mol. The van der Waals surface area contributed by atoms with Crippen LogP contribution >= 0.6 is 0 Å². The number of fused-ring (bicyclic) bond motifs is 5. The largest absolute Gasteiger partial charge is 0.435 e. The van der Waals surface area contributed by atoms with Crippen LogP contribution in [0.1, 0.15) is 62.2 Å². The highest BCUT2D eigenvalue weighted by atomic mass is 19.1. The smallest absolute Gasteiger partial charge is 0.247 e. The molecule has 1 fully saturated rings. The Kier molecular flexibility index (Phi) is 4.55. The molecule has 3 heterocycles. The van der Waals surface area contributed by atoms with Crippen molar-refractivity contribution in [3.8, 4) is 22.8 Å². The zero-order valence-corrected chi connectivity index (χ0v) is 19.6. The molecule has 0 unspecified atom stereocenters. The van der Waals surface area contributed by atoms with Gasteiger partial charge in [0.05, 0.1) is 40.5 Å². The molecule has 0 N–H and O–H groups in total. The van der Waals surface area contributed by atoms with Crippen LogP contribution in [-0.2, 0) is 5.41 Å². The first-order valence-corrected chi connectivity index (χ1v) is 11.5. The fourth-order valence-corrected chi connectivity index (χ4v) is 6.02. The minimum absolute atomic E-state index is 0.142. The van der Waals surface area contributed by atoms with Crippen molar-refractivity contribution in [1.29, 1.82) is 0 Å². The molecule has 0 radical (unpaired) electrons. The van der Waals surface area contributed by atoms with Gasteiger partial charge >= 0.3 is 0 Å². The van der Waals surface area contributed by atoms with E-state index in [0.29, 0.717) is 17.3 Å². The number of oxazole rings is 1. The molecule has 1 aromatic carbocycles. The Morgan fingerprint density at radius 3 is 2.57 bits per heavy atom. The summed E-state index contributed by atoms with van der Waals surface area (Å²) in [6.07, 6.45) is 6.73. The summed E-state index contributed by atoms with van der Waals surface area (Å²) in [7, 11) is 0. The molecule has 1 saturated carbocycles. The van der Waals surface area contributed by atoms with E-state index in [4.69, 9.17) is 9.40 Å². The lowest BCUT2D eigenvalue weighted by Crippen LogP contribution is -2.38. The van der Waals surface area contributed by atoms with Gasteiger partial charge in [-0.3, -0.25) is 4.98 Å². The number of halogens is 2. The number of benzene rings is 1. The highest BCUT2D eigenvalue weighted by Gasteiger charge is 2.65. The summed E-state index contributed by atoms with van der Waals surface area (Å²) in [6, 6.07) is 5.59. The molecule has 35 heavy (non-hydrogen) atoms. The number of hydrogen-bond donors (Lipinski definition) is 0. The number of rotatable bonds is 4. The first-order chi connectivity index (χ1) is 16.7. The van der Waals surface area contributed by atoms with Crippen molar-refractivity contribution in [2.45, 2.75) is 44.9 Å². The van der Waals surface area contributed by atoms with Crippen LogP contribution in [0.15, 0.2) is 53.9 Å². The summed E-state index contributed by atoms with van der Waals surface area (Å²) < 4.78 is 34.8. The average Bonchev–Trinajstić information content (AvgIpc) is 3.48. The summed E-state index contributed by atoms with van der Waals surface area (Å²) >= 11 is 0. The third-order valence-electron chi connectivity index (χ3n) is 7.82. The second-order valence-corrected chi connectivity index (χ2v) is 9.95. The number of aromatic nitrogens is 5. The Hall–Kier alpha value is -3.81. The van der Waals surface area contributed by atoms with Crippen LogP contribution in [0.5, 0.6) is 0 Å². The maximum atomic E-state index is 14.5. The van der Waals surface area contributed by atoms with Crippen LogP contribution in [-0.4, -0.2) is 25.1 Å². The van der Waals surface area contributed by atoms with E-state index in [0.717, 1.165) is 35.4 Å². The van der Waals surface area contributed by atoms with E-state index in [2.05, 4.69) is 40.6 Å². The van der Waals surface area contributed by atoms with Crippen molar-refractivity contribution in [3.63, 3.8) is 0 Å². The van der Waals surface area contributed by atoms with Crippen LogP contribution in [0.2, 0.25) is 0 Å². The molecule has 2 atom stereocenters. The molecule has 6 nitrogen and oxygen atoms in total. The minimum Gasteiger partial charge on any atom is -0.435 e. The predicted molar refractivity (Wildman–Crippen MR) is 126 cm³/mol. The van der Waals surface area contributed by atoms with E-state index in [1.807, 2.05) is 6.92 Å². The molecule has 4 aromatic rings. The van der Waals surface area contributed by atoms with E-state index < -0.39 is 17.0 Å².